The first-order valence-corrected chi connectivity index (χ1v) is 15.1. The van der Waals surface area contributed by atoms with Crippen molar-refractivity contribution >= 4 is 32.6 Å². The molecule has 200 valence electrons. The number of benzene rings is 1. The van der Waals surface area contributed by atoms with Crippen LogP contribution < -0.4 is 16.3 Å². The lowest BCUT2D eigenvalue weighted by atomic mass is 9.74. The lowest BCUT2D eigenvalue weighted by Gasteiger charge is -2.39. The first-order valence-electron chi connectivity index (χ1n) is 13.6. The third kappa shape index (κ3) is 4.44. The van der Waals surface area contributed by atoms with E-state index in [2.05, 4.69) is 20.1 Å². The van der Waals surface area contributed by atoms with Crippen molar-refractivity contribution in [3.63, 3.8) is 0 Å². The molecule has 10 heteroatoms. The Bertz CT molecular complexity index is 1540. The van der Waals surface area contributed by atoms with Crippen LogP contribution in [0.3, 0.4) is 0 Å². The van der Waals surface area contributed by atoms with Gasteiger partial charge in [0.25, 0.3) is 15.6 Å². The average Bonchev–Trinajstić information content (AvgIpc) is 2.94. The summed E-state index contributed by atoms with van der Waals surface area (Å²) in [6.45, 7) is 0. The van der Waals surface area contributed by atoms with Crippen LogP contribution in [0.25, 0.3) is 11.0 Å². The molecule has 38 heavy (non-hydrogen) atoms. The topological polar surface area (TPSA) is 126 Å². The first kappa shape index (κ1) is 24.9. The van der Waals surface area contributed by atoms with Crippen molar-refractivity contribution < 1.29 is 13.5 Å². The van der Waals surface area contributed by atoms with E-state index in [1.165, 1.54) is 49.3 Å². The molecule has 3 aromatic rings. The normalized spacial score (nSPS) is 20.1. The Labute approximate surface area is 222 Å². The van der Waals surface area contributed by atoms with E-state index in [1.54, 1.807) is 36.5 Å². The standard InChI is InChI=1S/C28H33N5O4S/c34-25-20-14-9-17-29-27(20)33(31-24(18-10-3-1-4-11-18)19-12-5-2-6-13-19)28(35)23(25)26-30-21-15-7-8-16-22(21)38(36,37)32-26/h7-9,14-19,24,31,34H,1-6,10-13H2,(H,30,32). The average molecular weight is 536 g/mol. The van der Waals surface area contributed by atoms with E-state index in [9.17, 15) is 18.3 Å². The summed E-state index contributed by atoms with van der Waals surface area (Å²) in [5.41, 5.74) is 3.43. The molecule has 2 saturated carbocycles. The fraction of sp³-hybridized carbons (Fsp3) is 0.464. The van der Waals surface area contributed by atoms with Crippen molar-refractivity contribution in [3.05, 3.63) is 58.5 Å². The molecule has 0 unspecified atom stereocenters. The molecular formula is C28H33N5O4S. The van der Waals surface area contributed by atoms with E-state index < -0.39 is 15.6 Å². The van der Waals surface area contributed by atoms with Gasteiger partial charge in [-0.05, 0) is 61.8 Å². The maximum Gasteiger partial charge on any atom is 0.286 e. The highest BCUT2D eigenvalue weighted by Crippen LogP contribution is 2.37. The van der Waals surface area contributed by atoms with E-state index in [4.69, 9.17) is 0 Å². The summed E-state index contributed by atoms with van der Waals surface area (Å²) < 4.78 is 31.3. The second kappa shape index (κ2) is 10.1. The van der Waals surface area contributed by atoms with Gasteiger partial charge in [0.15, 0.2) is 11.5 Å². The Morgan fingerprint density at radius 3 is 2.29 bits per heavy atom. The summed E-state index contributed by atoms with van der Waals surface area (Å²) in [5, 5.41) is 14.6. The highest BCUT2D eigenvalue weighted by atomic mass is 32.2. The van der Waals surface area contributed by atoms with Gasteiger partial charge < -0.3 is 15.8 Å². The monoisotopic (exact) mass is 535 g/mol. The van der Waals surface area contributed by atoms with Gasteiger partial charge in [0.2, 0.25) is 0 Å². The maximum absolute atomic E-state index is 14.1. The van der Waals surface area contributed by atoms with Crippen LogP contribution in [-0.2, 0) is 10.0 Å². The van der Waals surface area contributed by atoms with Crippen molar-refractivity contribution in [2.75, 3.05) is 10.7 Å². The molecule has 1 aliphatic heterocycles. The number of para-hydroxylation sites is 1. The quantitative estimate of drug-likeness (QED) is 0.431. The Hall–Kier alpha value is -3.40. The number of fused-ring (bicyclic) bond motifs is 2. The van der Waals surface area contributed by atoms with Gasteiger partial charge in [-0.15, -0.1) is 4.40 Å². The highest BCUT2D eigenvalue weighted by molar-refractivity contribution is 7.90. The smallest absolute Gasteiger partial charge is 0.286 e. The second-order valence-corrected chi connectivity index (χ2v) is 12.3. The predicted octanol–water partition coefficient (Wildman–Crippen LogP) is 4.74. The maximum atomic E-state index is 14.1. The van der Waals surface area contributed by atoms with Crippen LogP contribution in [0, 0.1) is 11.8 Å². The van der Waals surface area contributed by atoms with Crippen molar-refractivity contribution in [2.24, 2.45) is 16.2 Å². The Kier molecular flexibility index (Phi) is 6.59. The first-order chi connectivity index (χ1) is 18.4. The van der Waals surface area contributed by atoms with Gasteiger partial charge in [-0.3, -0.25) is 4.79 Å². The number of hydrogen-bond acceptors (Lipinski definition) is 7. The molecule has 0 radical (unpaired) electrons. The SMILES string of the molecule is O=c1c(C2=NS(=O)(=O)c3ccccc3N2)c(O)c2cccnc2n1NC(C1CCCCC1)C1CCCCC1. The van der Waals surface area contributed by atoms with Gasteiger partial charge >= 0.3 is 0 Å². The van der Waals surface area contributed by atoms with Gasteiger partial charge in [-0.1, -0.05) is 50.7 Å². The molecule has 6 rings (SSSR count). The van der Waals surface area contributed by atoms with Gasteiger partial charge in [0.1, 0.15) is 16.2 Å². The number of anilines is 1. The largest absolute Gasteiger partial charge is 0.506 e. The molecule has 2 aromatic heterocycles. The molecule has 0 atom stereocenters. The zero-order valence-corrected chi connectivity index (χ0v) is 22.1. The molecule has 9 nitrogen and oxygen atoms in total. The van der Waals surface area contributed by atoms with Gasteiger partial charge in [-0.25, -0.2) is 9.66 Å². The van der Waals surface area contributed by atoms with E-state index in [0.29, 0.717) is 28.6 Å². The third-order valence-corrected chi connectivity index (χ3v) is 9.70. The van der Waals surface area contributed by atoms with Crippen molar-refractivity contribution in [2.45, 2.75) is 75.1 Å². The Morgan fingerprint density at radius 1 is 0.947 bits per heavy atom. The summed E-state index contributed by atoms with van der Waals surface area (Å²) in [6.07, 6.45) is 13.3. The number of rotatable bonds is 5. The summed E-state index contributed by atoms with van der Waals surface area (Å²) in [5.74, 6) is 0.336. The minimum absolute atomic E-state index is 0.0267. The fourth-order valence-corrected chi connectivity index (χ4v) is 7.61. The van der Waals surface area contributed by atoms with Crippen LogP contribution >= 0.6 is 0 Å². The number of sulfonamides is 1. The van der Waals surface area contributed by atoms with Crippen LogP contribution in [0.4, 0.5) is 5.69 Å². The van der Waals surface area contributed by atoms with Crippen molar-refractivity contribution in [1.29, 1.82) is 0 Å². The molecular weight excluding hydrogens is 502 g/mol. The molecule has 0 saturated heterocycles. The van der Waals surface area contributed by atoms with E-state index >= 15 is 0 Å². The molecule has 3 N–H and O–H groups in total. The number of pyridine rings is 2. The number of nitrogens with one attached hydrogen (secondary N) is 2. The van der Waals surface area contributed by atoms with Gasteiger partial charge in [0.05, 0.1) is 11.1 Å². The van der Waals surface area contributed by atoms with Crippen molar-refractivity contribution in [3.8, 4) is 5.75 Å². The number of nitrogens with zero attached hydrogens (tertiary/aromatic N) is 3. The summed E-state index contributed by atoms with van der Waals surface area (Å²) in [6, 6.07) is 9.84. The molecule has 0 amide bonds. The predicted molar refractivity (Wildman–Crippen MR) is 148 cm³/mol. The second-order valence-electron chi connectivity index (χ2n) is 10.7. The van der Waals surface area contributed by atoms with Crippen LogP contribution in [0.15, 0.2) is 56.7 Å². The number of aromatic nitrogens is 2. The minimum Gasteiger partial charge on any atom is -0.506 e. The van der Waals surface area contributed by atoms with Gasteiger partial charge in [-0.2, -0.15) is 8.42 Å². The lowest BCUT2D eigenvalue weighted by Crippen LogP contribution is -2.47. The van der Waals surface area contributed by atoms with E-state index in [-0.39, 0.29) is 28.1 Å². The molecule has 3 aliphatic rings. The van der Waals surface area contributed by atoms with Crippen LogP contribution in [0.5, 0.6) is 5.75 Å². The van der Waals surface area contributed by atoms with E-state index in [0.717, 1.165) is 25.7 Å². The van der Waals surface area contributed by atoms with Crippen LogP contribution in [0.2, 0.25) is 0 Å². The molecule has 1 aromatic carbocycles. The van der Waals surface area contributed by atoms with E-state index in [1.807, 2.05) is 0 Å². The number of amidine groups is 1. The summed E-state index contributed by atoms with van der Waals surface area (Å²) in [4.78, 5) is 18.6. The molecule has 3 heterocycles. The molecule has 0 spiro atoms. The minimum atomic E-state index is -4.07. The van der Waals surface area contributed by atoms with Crippen LogP contribution in [0.1, 0.15) is 69.8 Å². The van der Waals surface area contributed by atoms with Crippen LogP contribution in [-0.4, -0.2) is 35.1 Å². The summed E-state index contributed by atoms with van der Waals surface area (Å²) in [7, 11) is -4.07. The summed E-state index contributed by atoms with van der Waals surface area (Å²) >= 11 is 0. The third-order valence-electron chi connectivity index (χ3n) is 8.37. The highest BCUT2D eigenvalue weighted by Gasteiger charge is 2.34. The molecule has 2 aliphatic carbocycles. The fourth-order valence-electron chi connectivity index (χ4n) is 6.49. The van der Waals surface area contributed by atoms with Gasteiger partial charge in [0, 0.05) is 12.2 Å². The van der Waals surface area contributed by atoms with Crippen molar-refractivity contribution in [1.82, 2.24) is 9.66 Å². The molecule has 0 bridgehead atoms. The number of hydrogen-bond donors (Lipinski definition) is 3. The zero-order valence-electron chi connectivity index (χ0n) is 21.3. The Balaban J connectivity index is 1.50. The number of aromatic hydroxyl groups is 1. The molecule has 2 fully saturated rings. The zero-order chi connectivity index (χ0) is 26.3. The Morgan fingerprint density at radius 2 is 1.61 bits per heavy atom. The lowest BCUT2D eigenvalue weighted by molar-refractivity contribution is 0.208.